The Morgan fingerprint density at radius 2 is 2.20 bits per heavy atom. The first-order chi connectivity index (χ1) is 7.22. The Hall–Kier alpha value is -1.54. The quantitative estimate of drug-likeness (QED) is 0.854. The van der Waals surface area contributed by atoms with E-state index >= 15 is 0 Å². The van der Waals surface area contributed by atoms with Crippen molar-refractivity contribution in [3.8, 4) is 11.8 Å². The van der Waals surface area contributed by atoms with Crippen molar-refractivity contribution in [1.82, 2.24) is 5.32 Å². The fourth-order valence-electron chi connectivity index (χ4n) is 0.850. The Balaban J connectivity index is 2.35. The van der Waals surface area contributed by atoms with Crippen molar-refractivity contribution in [1.29, 1.82) is 5.26 Å². The van der Waals surface area contributed by atoms with Crippen LogP contribution in [0.2, 0.25) is 0 Å². The van der Waals surface area contributed by atoms with Gasteiger partial charge in [-0.1, -0.05) is 34.1 Å². The van der Waals surface area contributed by atoms with Crippen molar-refractivity contribution < 1.29 is 9.53 Å². The number of benzene rings is 1. The molecule has 1 aromatic carbocycles. The molecule has 5 heteroatoms. The van der Waals surface area contributed by atoms with E-state index in [-0.39, 0.29) is 6.54 Å². The number of alkyl halides is 1. The first-order valence-corrected chi connectivity index (χ1v) is 5.18. The third-order valence-corrected chi connectivity index (χ3v) is 2.05. The van der Waals surface area contributed by atoms with E-state index in [1.54, 1.807) is 24.3 Å². The molecular weight excluding hydrogens is 260 g/mol. The number of hydrogen-bond acceptors (Lipinski definition) is 3. The van der Waals surface area contributed by atoms with Gasteiger partial charge in [0.05, 0.1) is 6.07 Å². The minimum atomic E-state index is -0.569. The predicted octanol–water partition coefficient (Wildman–Crippen LogP) is 2.06. The van der Waals surface area contributed by atoms with Crippen molar-refractivity contribution in [2.75, 3.05) is 6.54 Å². The van der Waals surface area contributed by atoms with Gasteiger partial charge in [-0.25, -0.2) is 4.79 Å². The molecule has 0 saturated carbocycles. The van der Waals surface area contributed by atoms with Gasteiger partial charge in [0.15, 0.2) is 0 Å². The molecule has 0 fully saturated rings. The largest absolute Gasteiger partial charge is 0.412 e. The molecule has 78 valence electrons. The van der Waals surface area contributed by atoms with Crippen molar-refractivity contribution >= 4 is 22.0 Å². The summed E-state index contributed by atoms with van der Waals surface area (Å²) in [6, 6.07) is 10.6. The van der Waals surface area contributed by atoms with Crippen molar-refractivity contribution in [3.63, 3.8) is 0 Å². The highest BCUT2D eigenvalue weighted by Crippen LogP contribution is 2.08. The van der Waals surface area contributed by atoms with Crippen LogP contribution in [0.4, 0.5) is 4.79 Å². The third kappa shape index (κ3) is 4.47. The fourth-order valence-corrected chi connectivity index (χ4v) is 1.01. The number of rotatable bonds is 3. The minimum Gasteiger partial charge on any atom is -0.410 e. The smallest absolute Gasteiger partial charge is 0.410 e. The molecule has 15 heavy (non-hydrogen) atoms. The van der Waals surface area contributed by atoms with Crippen molar-refractivity contribution in [2.45, 2.75) is 4.83 Å². The summed E-state index contributed by atoms with van der Waals surface area (Å²) < 4.78 is 4.93. The molecule has 1 N–H and O–H groups in total. The summed E-state index contributed by atoms with van der Waals surface area (Å²) in [6.45, 7) is 0.210. The van der Waals surface area contributed by atoms with E-state index in [9.17, 15) is 4.79 Å². The normalized spacial score (nSPS) is 11.2. The van der Waals surface area contributed by atoms with Gasteiger partial charge in [-0.15, -0.1) is 0 Å². The van der Waals surface area contributed by atoms with Gasteiger partial charge in [0.25, 0.3) is 0 Å². The lowest BCUT2D eigenvalue weighted by atomic mass is 10.3. The average molecular weight is 269 g/mol. The molecule has 0 bridgehead atoms. The molecule has 0 spiro atoms. The lowest BCUT2D eigenvalue weighted by Crippen LogP contribution is -2.31. The van der Waals surface area contributed by atoms with Crippen molar-refractivity contribution in [3.05, 3.63) is 30.3 Å². The molecule has 0 aromatic heterocycles. The maximum atomic E-state index is 11.2. The Morgan fingerprint density at radius 3 is 2.80 bits per heavy atom. The van der Waals surface area contributed by atoms with Crippen LogP contribution in [0.25, 0.3) is 0 Å². The zero-order valence-corrected chi connectivity index (χ0v) is 9.40. The van der Waals surface area contributed by atoms with E-state index in [1.807, 2.05) is 12.1 Å². The lowest BCUT2D eigenvalue weighted by Gasteiger charge is -2.06. The van der Waals surface area contributed by atoms with Crippen LogP contribution < -0.4 is 10.1 Å². The van der Waals surface area contributed by atoms with Crippen LogP contribution in [0.5, 0.6) is 5.75 Å². The minimum absolute atomic E-state index is 0.210. The summed E-state index contributed by atoms with van der Waals surface area (Å²) >= 11 is 3.06. The van der Waals surface area contributed by atoms with Crippen LogP contribution in [-0.2, 0) is 0 Å². The molecule has 1 amide bonds. The zero-order valence-electron chi connectivity index (χ0n) is 7.81. The van der Waals surface area contributed by atoms with Gasteiger partial charge in [0.2, 0.25) is 0 Å². The molecule has 0 aliphatic rings. The molecular formula is C10H9BrN2O2. The van der Waals surface area contributed by atoms with Gasteiger partial charge in [0.1, 0.15) is 10.6 Å². The van der Waals surface area contributed by atoms with Gasteiger partial charge in [0, 0.05) is 6.54 Å². The Labute approximate surface area is 96.0 Å². The van der Waals surface area contributed by atoms with E-state index in [0.717, 1.165) is 0 Å². The van der Waals surface area contributed by atoms with E-state index < -0.39 is 10.9 Å². The molecule has 1 atom stereocenters. The Morgan fingerprint density at radius 1 is 1.53 bits per heavy atom. The monoisotopic (exact) mass is 268 g/mol. The molecule has 1 aromatic rings. The molecule has 0 heterocycles. The van der Waals surface area contributed by atoms with Crippen LogP contribution >= 0.6 is 15.9 Å². The van der Waals surface area contributed by atoms with Gasteiger partial charge in [-0.3, -0.25) is 0 Å². The van der Waals surface area contributed by atoms with Crippen LogP contribution in [0, 0.1) is 11.3 Å². The van der Waals surface area contributed by atoms with Crippen LogP contribution in [0.3, 0.4) is 0 Å². The number of nitrogens with zero attached hydrogens (tertiary/aromatic N) is 1. The highest BCUT2D eigenvalue weighted by Gasteiger charge is 2.06. The number of ether oxygens (including phenoxy) is 1. The van der Waals surface area contributed by atoms with Crippen LogP contribution in [0.1, 0.15) is 0 Å². The number of halogens is 1. The van der Waals surface area contributed by atoms with Gasteiger partial charge < -0.3 is 10.1 Å². The molecule has 4 nitrogen and oxygen atoms in total. The fraction of sp³-hybridized carbons (Fsp3) is 0.200. The first kappa shape index (κ1) is 11.5. The van der Waals surface area contributed by atoms with Gasteiger partial charge in [-0.05, 0) is 12.1 Å². The Kier molecular flexibility index (Phi) is 4.64. The zero-order chi connectivity index (χ0) is 11.1. The van der Waals surface area contributed by atoms with Crippen LogP contribution in [0.15, 0.2) is 30.3 Å². The number of nitriles is 1. The predicted molar refractivity (Wildman–Crippen MR) is 58.8 cm³/mol. The van der Waals surface area contributed by atoms with E-state index in [1.165, 1.54) is 0 Å². The van der Waals surface area contributed by atoms with Gasteiger partial charge >= 0.3 is 6.09 Å². The molecule has 0 radical (unpaired) electrons. The average Bonchev–Trinajstić information content (AvgIpc) is 2.27. The molecule has 1 unspecified atom stereocenters. The van der Waals surface area contributed by atoms with E-state index in [4.69, 9.17) is 10.00 Å². The highest BCUT2D eigenvalue weighted by atomic mass is 79.9. The highest BCUT2D eigenvalue weighted by molar-refractivity contribution is 9.09. The molecule has 0 aliphatic carbocycles. The van der Waals surface area contributed by atoms with E-state index in [0.29, 0.717) is 5.75 Å². The van der Waals surface area contributed by atoms with Gasteiger partial charge in [-0.2, -0.15) is 5.26 Å². The number of amides is 1. The first-order valence-electron chi connectivity index (χ1n) is 4.27. The number of carbonyl (C=O) groups excluding carboxylic acids is 1. The maximum Gasteiger partial charge on any atom is 0.412 e. The molecule has 0 aliphatic heterocycles. The summed E-state index contributed by atoms with van der Waals surface area (Å²) in [5, 5.41) is 10.9. The third-order valence-electron chi connectivity index (χ3n) is 1.52. The number of para-hydroxylation sites is 1. The summed E-state index contributed by atoms with van der Waals surface area (Å²) in [7, 11) is 0. The Bertz CT molecular complexity index is 361. The second kappa shape index (κ2) is 6.04. The SMILES string of the molecule is N#CC(Br)CNC(=O)Oc1ccccc1. The van der Waals surface area contributed by atoms with Crippen LogP contribution in [-0.4, -0.2) is 17.5 Å². The maximum absolute atomic E-state index is 11.2. The number of hydrogen-bond donors (Lipinski definition) is 1. The number of carbonyl (C=O) groups is 1. The van der Waals surface area contributed by atoms with Crippen molar-refractivity contribution in [2.24, 2.45) is 0 Å². The molecule has 0 saturated heterocycles. The second-order valence-electron chi connectivity index (χ2n) is 2.68. The summed E-state index contributed by atoms with van der Waals surface area (Å²) in [5.41, 5.74) is 0. The lowest BCUT2D eigenvalue weighted by molar-refractivity contribution is 0.201. The number of nitrogens with one attached hydrogen (secondary N) is 1. The van der Waals surface area contributed by atoms with E-state index in [2.05, 4.69) is 21.2 Å². The topological polar surface area (TPSA) is 62.1 Å². The summed E-state index contributed by atoms with van der Waals surface area (Å²) in [4.78, 5) is 10.8. The molecule has 1 rings (SSSR count). The second-order valence-corrected chi connectivity index (χ2v) is 3.79. The standard InChI is InChI=1S/C10H9BrN2O2/c11-8(6-12)7-13-10(14)15-9-4-2-1-3-5-9/h1-5,8H,7H2,(H,13,14). The summed E-state index contributed by atoms with van der Waals surface area (Å²) in [5.74, 6) is 0.470. The summed E-state index contributed by atoms with van der Waals surface area (Å²) in [6.07, 6.45) is -0.569.